The number of rotatable bonds is 1. The van der Waals surface area contributed by atoms with Gasteiger partial charge in [-0.25, -0.2) is 9.78 Å². The van der Waals surface area contributed by atoms with Crippen molar-refractivity contribution in [3.63, 3.8) is 0 Å². The number of aryl methyl sites for hydroxylation is 1. The summed E-state index contributed by atoms with van der Waals surface area (Å²) in [5.74, 6) is 0.424. The SMILES string of the molecule is COC(=O)c1cccc2c1nc(C)n2Br. The molecule has 0 aliphatic heterocycles. The number of hydrogen-bond acceptors (Lipinski definition) is 3. The molecule has 0 unspecified atom stereocenters. The van der Waals surface area contributed by atoms with Crippen molar-refractivity contribution in [1.82, 2.24) is 8.58 Å². The molecule has 0 amide bonds. The number of aromatic nitrogens is 2. The first-order chi connectivity index (χ1) is 7.15. The number of carbonyl (C=O) groups excluding carboxylic acids is 1. The zero-order chi connectivity index (χ0) is 11.0. The molecule has 0 fully saturated rings. The first-order valence-electron chi connectivity index (χ1n) is 4.37. The molecule has 15 heavy (non-hydrogen) atoms. The first kappa shape index (κ1) is 10.2. The molecule has 0 N–H and O–H groups in total. The molecule has 2 rings (SSSR count). The van der Waals surface area contributed by atoms with Crippen molar-refractivity contribution in [2.75, 3.05) is 7.11 Å². The quantitative estimate of drug-likeness (QED) is 0.746. The monoisotopic (exact) mass is 268 g/mol. The van der Waals surface area contributed by atoms with Crippen molar-refractivity contribution in [2.45, 2.75) is 6.92 Å². The number of carbonyl (C=O) groups is 1. The van der Waals surface area contributed by atoms with Gasteiger partial charge in [0, 0.05) is 0 Å². The second-order valence-electron chi connectivity index (χ2n) is 3.10. The Kier molecular flexibility index (Phi) is 2.48. The average Bonchev–Trinajstić information content (AvgIpc) is 2.54. The van der Waals surface area contributed by atoms with Crippen molar-refractivity contribution in [2.24, 2.45) is 0 Å². The highest BCUT2D eigenvalue weighted by atomic mass is 79.9. The Morgan fingerprint density at radius 3 is 2.93 bits per heavy atom. The molecule has 0 radical (unpaired) electrons. The van der Waals surface area contributed by atoms with Crippen LogP contribution in [0.5, 0.6) is 0 Å². The van der Waals surface area contributed by atoms with Crippen LogP contribution in [0.2, 0.25) is 0 Å². The minimum Gasteiger partial charge on any atom is -0.465 e. The Labute approximate surface area is 95.2 Å². The molecular weight excluding hydrogens is 260 g/mol. The summed E-state index contributed by atoms with van der Waals surface area (Å²) in [4.78, 5) is 15.8. The highest BCUT2D eigenvalue weighted by molar-refractivity contribution is 9.08. The summed E-state index contributed by atoms with van der Waals surface area (Å²) < 4.78 is 6.45. The Bertz CT molecular complexity index is 533. The summed E-state index contributed by atoms with van der Waals surface area (Å²) in [7, 11) is 1.36. The summed E-state index contributed by atoms with van der Waals surface area (Å²) >= 11 is 3.36. The topological polar surface area (TPSA) is 44.1 Å². The van der Waals surface area contributed by atoms with Gasteiger partial charge in [-0.15, -0.1) is 0 Å². The van der Waals surface area contributed by atoms with Crippen LogP contribution in [0.4, 0.5) is 0 Å². The Morgan fingerprint density at radius 1 is 1.53 bits per heavy atom. The van der Waals surface area contributed by atoms with E-state index in [1.165, 1.54) is 7.11 Å². The molecule has 0 aliphatic carbocycles. The van der Waals surface area contributed by atoms with E-state index in [2.05, 4.69) is 25.9 Å². The zero-order valence-electron chi connectivity index (χ0n) is 8.32. The molecule has 2 aromatic rings. The maximum absolute atomic E-state index is 11.5. The fourth-order valence-electron chi connectivity index (χ4n) is 1.46. The van der Waals surface area contributed by atoms with Gasteiger partial charge in [0.05, 0.1) is 34.3 Å². The molecule has 1 aromatic carbocycles. The standard InChI is InChI=1S/C10H9BrN2O2/c1-6-12-9-7(10(14)15-2)4-3-5-8(9)13(6)11/h3-5H,1-2H3. The molecule has 0 saturated heterocycles. The van der Waals surface area contributed by atoms with Crippen LogP contribution < -0.4 is 0 Å². The lowest BCUT2D eigenvalue weighted by Crippen LogP contribution is -2.01. The van der Waals surface area contributed by atoms with Crippen molar-refractivity contribution in [3.8, 4) is 0 Å². The number of para-hydroxylation sites is 1. The van der Waals surface area contributed by atoms with E-state index in [1.54, 1.807) is 15.7 Å². The number of ether oxygens (including phenoxy) is 1. The Hall–Kier alpha value is -1.36. The van der Waals surface area contributed by atoms with Gasteiger partial charge >= 0.3 is 5.97 Å². The van der Waals surface area contributed by atoms with Crippen molar-refractivity contribution >= 4 is 33.1 Å². The minimum absolute atomic E-state index is 0.369. The van der Waals surface area contributed by atoms with Crippen LogP contribution in [0.15, 0.2) is 18.2 Å². The normalized spacial score (nSPS) is 10.6. The van der Waals surface area contributed by atoms with E-state index in [0.717, 1.165) is 11.3 Å². The van der Waals surface area contributed by atoms with E-state index in [4.69, 9.17) is 0 Å². The van der Waals surface area contributed by atoms with E-state index in [1.807, 2.05) is 13.0 Å². The summed E-state index contributed by atoms with van der Waals surface area (Å²) in [5.41, 5.74) is 1.99. The lowest BCUT2D eigenvalue weighted by Gasteiger charge is -1.99. The fraction of sp³-hybridized carbons (Fsp3) is 0.200. The third-order valence-electron chi connectivity index (χ3n) is 2.19. The molecule has 78 valence electrons. The summed E-state index contributed by atoms with van der Waals surface area (Å²) in [6.45, 7) is 1.86. The van der Waals surface area contributed by atoms with Gasteiger partial charge in [-0.2, -0.15) is 0 Å². The average molecular weight is 269 g/mol. The van der Waals surface area contributed by atoms with Gasteiger partial charge < -0.3 is 4.74 Å². The van der Waals surface area contributed by atoms with Crippen LogP contribution in [0, 0.1) is 6.92 Å². The lowest BCUT2D eigenvalue weighted by atomic mass is 10.2. The van der Waals surface area contributed by atoms with Gasteiger partial charge in [0.2, 0.25) is 0 Å². The second-order valence-corrected chi connectivity index (χ2v) is 3.81. The van der Waals surface area contributed by atoms with Crippen LogP contribution in [-0.4, -0.2) is 21.7 Å². The van der Waals surface area contributed by atoms with E-state index < -0.39 is 0 Å². The molecular formula is C10H9BrN2O2. The molecule has 1 aromatic heterocycles. The highest BCUT2D eigenvalue weighted by Crippen LogP contribution is 2.22. The van der Waals surface area contributed by atoms with Gasteiger partial charge in [-0.1, -0.05) is 6.07 Å². The van der Waals surface area contributed by atoms with E-state index in [-0.39, 0.29) is 5.97 Å². The Balaban J connectivity index is 2.77. The van der Waals surface area contributed by atoms with Crippen LogP contribution >= 0.6 is 16.1 Å². The summed E-state index contributed by atoms with van der Waals surface area (Å²) in [6, 6.07) is 5.39. The molecule has 1 heterocycles. The van der Waals surface area contributed by atoms with Crippen molar-refractivity contribution < 1.29 is 9.53 Å². The predicted octanol–water partition coefficient (Wildman–Crippen LogP) is 2.29. The fourth-order valence-corrected chi connectivity index (χ4v) is 1.83. The van der Waals surface area contributed by atoms with Gasteiger partial charge in [0.1, 0.15) is 11.3 Å². The maximum Gasteiger partial charge on any atom is 0.340 e. The number of methoxy groups -OCH3 is 1. The van der Waals surface area contributed by atoms with Crippen LogP contribution in [0.1, 0.15) is 16.2 Å². The predicted molar refractivity (Wildman–Crippen MR) is 60.1 cm³/mol. The number of halogens is 1. The van der Waals surface area contributed by atoms with Gasteiger partial charge in [-0.05, 0) is 19.1 Å². The molecule has 0 saturated carbocycles. The van der Waals surface area contributed by atoms with Crippen molar-refractivity contribution in [3.05, 3.63) is 29.6 Å². The molecule has 0 aliphatic rings. The van der Waals surface area contributed by atoms with Crippen LogP contribution in [0.3, 0.4) is 0 Å². The summed E-state index contributed by atoms with van der Waals surface area (Å²) in [6.07, 6.45) is 0. The maximum atomic E-state index is 11.5. The third-order valence-corrected chi connectivity index (χ3v) is 3.08. The van der Waals surface area contributed by atoms with Crippen LogP contribution in [-0.2, 0) is 4.74 Å². The van der Waals surface area contributed by atoms with Gasteiger partial charge in [0.25, 0.3) is 0 Å². The number of nitrogens with zero attached hydrogens (tertiary/aromatic N) is 2. The molecule has 4 nitrogen and oxygen atoms in total. The zero-order valence-corrected chi connectivity index (χ0v) is 9.91. The van der Waals surface area contributed by atoms with E-state index in [9.17, 15) is 4.79 Å². The molecule has 0 bridgehead atoms. The largest absolute Gasteiger partial charge is 0.465 e. The number of benzene rings is 1. The number of esters is 1. The summed E-state index contributed by atoms with van der Waals surface area (Å²) in [5, 5.41) is 0. The smallest absolute Gasteiger partial charge is 0.340 e. The van der Waals surface area contributed by atoms with E-state index >= 15 is 0 Å². The van der Waals surface area contributed by atoms with Crippen molar-refractivity contribution in [1.29, 1.82) is 0 Å². The second kappa shape index (κ2) is 3.66. The molecule has 0 atom stereocenters. The number of imidazole rings is 1. The lowest BCUT2D eigenvalue weighted by molar-refractivity contribution is 0.0603. The number of fused-ring (bicyclic) bond motifs is 1. The molecule has 0 spiro atoms. The Morgan fingerprint density at radius 2 is 2.27 bits per heavy atom. The number of hydrogen-bond donors (Lipinski definition) is 0. The van der Waals surface area contributed by atoms with Gasteiger partial charge in [0.15, 0.2) is 0 Å². The highest BCUT2D eigenvalue weighted by Gasteiger charge is 2.14. The van der Waals surface area contributed by atoms with Gasteiger partial charge in [-0.3, -0.25) is 3.59 Å². The van der Waals surface area contributed by atoms with Crippen LogP contribution in [0.25, 0.3) is 11.0 Å². The third kappa shape index (κ3) is 1.52. The minimum atomic E-state index is -0.369. The van der Waals surface area contributed by atoms with E-state index in [0.29, 0.717) is 11.1 Å². The first-order valence-corrected chi connectivity index (χ1v) is 5.08. The molecule has 5 heteroatoms.